The van der Waals surface area contributed by atoms with Crippen molar-refractivity contribution in [1.29, 1.82) is 0 Å². The van der Waals surface area contributed by atoms with E-state index in [1.807, 2.05) is 6.07 Å². The number of thiophene rings is 2. The van der Waals surface area contributed by atoms with E-state index < -0.39 is 0 Å². The number of hydrogen-bond donors (Lipinski definition) is 1. The third-order valence-corrected chi connectivity index (χ3v) is 5.22. The van der Waals surface area contributed by atoms with Crippen LogP contribution in [0.5, 0.6) is 0 Å². The summed E-state index contributed by atoms with van der Waals surface area (Å²) >= 11 is 15.5. The Kier molecular flexibility index (Phi) is 5.52. The van der Waals surface area contributed by atoms with Gasteiger partial charge in [0.05, 0.1) is 8.67 Å². The Bertz CT molecular complexity index is 479. The maximum atomic E-state index is 6.23. The standard InChI is InChI=1S/C13H15Cl2NS2/c1-2-16-11(6-5-9-4-3-7-17-9)10-8-12(14)18-13(10)15/h3-4,7-8,11,16H,2,5-6H2,1H3. The topological polar surface area (TPSA) is 12.0 Å². The Morgan fingerprint density at radius 3 is 2.78 bits per heavy atom. The van der Waals surface area contributed by atoms with Crippen molar-refractivity contribution in [3.63, 3.8) is 0 Å². The molecule has 0 aliphatic heterocycles. The number of nitrogens with one attached hydrogen (secondary N) is 1. The van der Waals surface area contributed by atoms with Crippen molar-refractivity contribution in [2.45, 2.75) is 25.8 Å². The van der Waals surface area contributed by atoms with Crippen LogP contribution in [0.25, 0.3) is 0 Å². The Balaban J connectivity index is 2.05. The Morgan fingerprint density at radius 2 is 2.22 bits per heavy atom. The van der Waals surface area contributed by atoms with Crippen LogP contribution in [0.2, 0.25) is 8.67 Å². The summed E-state index contributed by atoms with van der Waals surface area (Å²) in [5, 5.41) is 5.60. The van der Waals surface area contributed by atoms with Crippen LogP contribution in [0, 0.1) is 0 Å². The first-order chi connectivity index (χ1) is 8.70. The highest BCUT2D eigenvalue weighted by atomic mass is 35.5. The van der Waals surface area contributed by atoms with Crippen LogP contribution in [0.3, 0.4) is 0 Å². The molecule has 2 aromatic heterocycles. The predicted octanol–water partition coefficient (Wildman–Crippen LogP) is 5.40. The average Bonchev–Trinajstić information content (AvgIpc) is 2.94. The summed E-state index contributed by atoms with van der Waals surface area (Å²) in [6.45, 7) is 3.04. The van der Waals surface area contributed by atoms with E-state index in [-0.39, 0.29) is 6.04 Å². The molecule has 0 saturated carbocycles. The highest BCUT2D eigenvalue weighted by Crippen LogP contribution is 2.36. The molecule has 98 valence electrons. The Hall–Kier alpha value is -0.0600. The molecule has 2 rings (SSSR count). The number of rotatable bonds is 6. The van der Waals surface area contributed by atoms with E-state index in [2.05, 4.69) is 29.8 Å². The van der Waals surface area contributed by atoms with Gasteiger partial charge in [0.2, 0.25) is 0 Å². The third kappa shape index (κ3) is 3.72. The molecule has 0 radical (unpaired) electrons. The van der Waals surface area contributed by atoms with Crippen molar-refractivity contribution in [1.82, 2.24) is 5.32 Å². The zero-order chi connectivity index (χ0) is 13.0. The van der Waals surface area contributed by atoms with Crippen LogP contribution in [-0.2, 0) is 6.42 Å². The van der Waals surface area contributed by atoms with E-state index in [9.17, 15) is 0 Å². The molecule has 0 aromatic carbocycles. The van der Waals surface area contributed by atoms with Gasteiger partial charge in [-0.3, -0.25) is 0 Å². The smallest absolute Gasteiger partial charge is 0.0991 e. The minimum absolute atomic E-state index is 0.286. The second-order valence-electron chi connectivity index (χ2n) is 4.01. The molecule has 1 N–H and O–H groups in total. The lowest BCUT2D eigenvalue weighted by molar-refractivity contribution is 0.518. The average molecular weight is 320 g/mol. The van der Waals surface area contributed by atoms with Crippen LogP contribution in [0.4, 0.5) is 0 Å². The van der Waals surface area contributed by atoms with Crippen LogP contribution in [-0.4, -0.2) is 6.54 Å². The molecule has 1 atom stereocenters. The third-order valence-electron chi connectivity index (χ3n) is 2.77. The van der Waals surface area contributed by atoms with Gasteiger partial charge in [-0.25, -0.2) is 0 Å². The number of aryl methyl sites for hydroxylation is 1. The minimum Gasteiger partial charge on any atom is -0.310 e. The van der Waals surface area contributed by atoms with Crippen molar-refractivity contribution in [3.8, 4) is 0 Å². The van der Waals surface area contributed by atoms with Gasteiger partial charge in [0.1, 0.15) is 0 Å². The lowest BCUT2D eigenvalue weighted by Gasteiger charge is -2.17. The normalized spacial score (nSPS) is 12.8. The lowest BCUT2D eigenvalue weighted by Crippen LogP contribution is -2.21. The summed E-state index contributed by atoms with van der Waals surface area (Å²) in [6, 6.07) is 6.54. The summed E-state index contributed by atoms with van der Waals surface area (Å²) in [6.07, 6.45) is 2.11. The molecule has 0 fully saturated rings. The lowest BCUT2D eigenvalue weighted by atomic mass is 10.0. The van der Waals surface area contributed by atoms with Crippen molar-refractivity contribution >= 4 is 45.9 Å². The fraction of sp³-hybridized carbons (Fsp3) is 0.385. The van der Waals surface area contributed by atoms with E-state index in [1.165, 1.54) is 16.2 Å². The Morgan fingerprint density at radius 1 is 1.39 bits per heavy atom. The van der Waals surface area contributed by atoms with Crippen LogP contribution in [0.1, 0.15) is 29.8 Å². The molecule has 18 heavy (non-hydrogen) atoms. The van der Waals surface area contributed by atoms with Crippen LogP contribution in [0.15, 0.2) is 23.6 Å². The molecule has 1 unspecified atom stereocenters. The molecule has 2 heterocycles. The molecule has 5 heteroatoms. The van der Waals surface area contributed by atoms with Gasteiger partial charge >= 0.3 is 0 Å². The van der Waals surface area contributed by atoms with Gasteiger partial charge in [0, 0.05) is 16.5 Å². The monoisotopic (exact) mass is 319 g/mol. The second kappa shape index (κ2) is 6.92. The molecular weight excluding hydrogens is 305 g/mol. The molecule has 0 aliphatic rings. The zero-order valence-electron chi connectivity index (χ0n) is 10.1. The van der Waals surface area contributed by atoms with E-state index in [0.29, 0.717) is 0 Å². The number of hydrogen-bond acceptors (Lipinski definition) is 3. The first-order valence-corrected chi connectivity index (χ1v) is 8.36. The molecule has 0 aliphatic carbocycles. The van der Waals surface area contributed by atoms with Crippen LogP contribution < -0.4 is 5.32 Å². The largest absolute Gasteiger partial charge is 0.310 e. The molecule has 0 spiro atoms. The predicted molar refractivity (Wildman–Crippen MR) is 83.4 cm³/mol. The fourth-order valence-corrected chi connectivity index (χ4v) is 4.25. The van der Waals surface area contributed by atoms with Crippen molar-refractivity contribution < 1.29 is 0 Å². The summed E-state index contributed by atoms with van der Waals surface area (Å²) in [4.78, 5) is 1.41. The SMILES string of the molecule is CCNC(CCc1cccs1)c1cc(Cl)sc1Cl. The van der Waals surface area contributed by atoms with E-state index in [0.717, 1.165) is 33.6 Å². The first-order valence-electron chi connectivity index (χ1n) is 5.91. The van der Waals surface area contributed by atoms with E-state index in [1.54, 1.807) is 11.3 Å². The highest BCUT2D eigenvalue weighted by molar-refractivity contribution is 7.20. The summed E-state index contributed by atoms with van der Waals surface area (Å²) < 4.78 is 1.56. The molecule has 2 aromatic rings. The number of halogens is 2. The first kappa shape index (κ1) is 14.4. The zero-order valence-corrected chi connectivity index (χ0v) is 13.2. The van der Waals surface area contributed by atoms with Gasteiger partial charge in [-0.05, 0) is 36.9 Å². The van der Waals surface area contributed by atoms with Gasteiger partial charge < -0.3 is 5.32 Å². The molecule has 0 saturated heterocycles. The van der Waals surface area contributed by atoms with Crippen molar-refractivity contribution in [2.75, 3.05) is 6.54 Å². The maximum absolute atomic E-state index is 6.23. The van der Waals surface area contributed by atoms with Gasteiger partial charge in [0.15, 0.2) is 0 Å². The van der Waals surface area contributed by atoms with E-state index >= 15 is 0 Å². The van der Waals surface area contributed by atoms with Crippen molar-refractivity contribution in [2.24, 2.45) is 0 Å². The van der Waals surface area contributed by atoms with Crippen LogP contribution >= 0.6 is 45.9 Å². The van der Waals surface area contributed by atoms with Gasteiger partial charge in [0.25, 0.3) is 0 Å². The maximum Gasteiger partial charge on any atom is 0.0991 e. The van der Waals surface area contributed by atoms with Gasteiger partial charge in [-0.1, -0.05) is 36.2 Å². The van der Waals surface area contributed by atoms with Crippen molar-refractivity contribution in [3.05, 3.63) is 42.7 Å². The fourth-order valence-electron chi connectivity index (χ4n) is 1.95. The molecular formula is C13H15Cl2NS2. The Labute approximate surface area is 126 Å². The molecule has 1 nitrogen and oxygen atoms in total. The summed E-state index contributed by atoms with van der Waals surface area (Å²) in [5.74, 6) is 0. The minimum atomic E-state index is 0.286. The molecule has 0 amide bonds. The summed E-state index contributed by atoms with van der Waals surface area (Å²) in [7, 11) is 0. The summed E-state index contributed by atoms with van der Waals surface area (Å²) in [5.41, 5.74) is 1.13. The quantitative estimate of drug-likeness (QED) is 0.751. The second-order valence-corrected chi connectivity index (χ2v) is 7.33. The highest BCUT2D eigenvalue weighted by Gasteiger charge is 2.16. The van der Waals surface area contributed by atoms with Gasteiger partial charge in [-0.15, -0.1) is 22.7 Å². The van der Waals surface area contributed by atoms with E-state index in [4.69, 9.17) is 23.2 Å². The van der Waals surface area contributed by atoms with Gasteiger partial charge in [-0.2, -0.15) is 0 Å². The molecule has 0 bridgehead atoms.